The van der Waals surface area contributed by atoms with Gasteiger partial charge in [0, 0.05) is 37.0 Å². The number of pyridine rings is 1. The van der Waals surface area contributed by atoms with E-state index in [1.54, 1.807) is 0 Å². The van der Waals surface area contributed by atoms with Crippen molar-refractivity contribution in [2.45, 2.75) is 68.4 Å². The van der Waals surface area contributed by atoms with E-state index in [9.17, 15) is 45.0 Å². The fourth-order valence-corrected chi connectivity index (χ4v) is 8.71. The van der Waals surface area contributed by atoms with Crippen molar-refractivity contribution in [3.8, 4) is 41.2 Å². The van der Waals surface area contributed by atoms with Gasteiger partial charge in [-0.25, -0.2) is 18.2 Å². The van der Waals surface area contributed by atoms with Crippen molar-refractivity contribution in [3.05, 3.63) is 41.5 Å². The monoisotopic (exact) mass is 780 g/mol. The lowest BCUT2D eigenvalue weighted by Crippen LogP contribution is -2.59. The summed E-state index contributed by atoms with van der Waals surface area (Å²) in [4.78, 5) is 28.7. The number of hydrogen-bond acceptors (Lipinski definition) is 9. The summed E-state index contributed by atoms with van der Waals surface area (Å²) in [7, 11) is 0. The summed E-state index contributed by atoms with van der Waals surface area (Å²) in [5.41, 5.74) is -3.33. The van der Waals surface area contributed by atoms with Gasteiger partial charge in [0.15, 0.2) is 5.82 Å². The maximum Gasteiger partial charge on any atom is 0.574 e. The number of carbonyl (C=O) groups is 1. The molecule has 4 aliphatic heterocycles. The number of ether oxygens (including phenoxy) is 2. The molecule has 2 aromatic carbocycles. The van der Waals surface area contributed by atoms with Crippen LogP contribution in [0.3, 0.4) is 0 Å². The average Bonchev–Trinajstić information content (AvgIpc) is 3.72. The third-order valence-electron chi connectivity index (χ3n) is 10.9. The van der Waals surface area contributed by atoms with Crippen LogP contribution in [0.15, 0.2) is 24.3 Å². The molecule has 19 heteroatoms. The van der Waals surface area contributed by atoms with E-state index in [4.69, 9.17) is 11.2 Å². The molecule has 0 spiro atoms. The number of phenols is 1. The van der Waals surface area contributed by atoms with Crippen LogP contribution in [0.5, 0.6) is 17.6 Å². The Morgan fingerprint density at radius 2 is 1.75 bits per heavy atom. The van der Waals surface area contributed by atoms with Crippen molar-refractivity contribution in [2.75, 3.05) is 37.7 Å². The van der Waals surface area contributed by atoms with E-state index in [2.05, 4.69) is 25.6 Å². The lowest BCUT2D eigenvalue weighted by molar-refractivity contribution is -0.275. The molecule has 0 aliphatic carbocycles. The summed E-state index contributed by atoms with van der Waals surface area (Å²) >= 11 is 0. The lowest BCUT2D eigenvalue weighted by atomic mass is 9.95. The Balaban J connectivity index is 1.34. The van der Waals surface area contributed by atoms with Gasteiger partial charge in [-0.15, -0.1) is 19.6 Å². The second-order valence-electron chi connectivity index (χ2n) is 14.2. The standard InChI is InChI=1S/C36H29F9N6O4/c1-2-22-24(38)7-4-17-10-21(52)11-23(25(17)22)28-27(39)29-26(31(46-28)55-36(43,44)45)30(49-14-19-5-6-20(15-49)51(19)32(53)35(40,41)42)48-33(47-29)54-16-34-8-3-9-50(34)13-18(37)12-34/h1,4,7,10-11,18-20,52H,3,5-6,8-9,12-16H2/t18-,19?,20?,34+/m0/s1. The van der Waals surface area contributed by atoms with Crippen LogP contribution in [-0.4, -0.2) is 105 Å². The molecule has 290 valence electrons. The Hall–Kier alpha value is -5.25. The smallest absolute Gasteiger partial charge is 0.508 e. The zero-order valence-electron chi connectivity index (χ0n) is 28.4. The first-order chi connectivity index (χ1) is 26.0. The van der Waals surface area contributed by atoms with Gasteiger partial charge < -0.3 is 24.4 Å². The van der Waals surface area contributed by atoms with E-state index < -0.39 is 105 Å². The fraction of sp³-hybridized carbons (Fsp3) is 0.444. The molecule has 4 saturated heterocycles. The molecule has 55 heavy (non-hydrogen) atoms. The Morgan fingerprint density at radius 3 is 2.42 bits per heavy atom. The normalized spacial score (nSPS) is 24.1. The number of piperazine rings is 1. The number of fused-ring (bicyclic) bond motifs is 5. The zero-order valence-corrected chi connectivity index (χ0v) is 28.4. The van der Waals surface area contributed by atoms with Gasteiger partial charge in [-0.1, -0.05) is 12.0 Å². The van der Waals surface area contributed by atoms with Gasteiger partial charge in [-0.3, -0.25) is 9.69 Å². The van der Waals surface area contributed by atoms with Gasteiger partial charge in [-0.05, 0) is 55.8 Å². The number of alkyl halides is 7. The van der Waals surface area contributed by atoms with Gasteiger partial charge in [-0.2, -0.15) is 23.1 Å². The molecule has 1 N–H and O–H groups in total. The van der Waals surface area contributed by atoms with Gasteiger partial charge in [0.25, 0.3) is 0 Å². The van der Waals surface area contributed by atoms with Crippen molar-refractivity contribution >= 4 is 33.4 Å². The second-order valence-corrected chi connectivity index (χ2v) is 14.2. The van der Waals surface area contributed by atoms with Crippen molar-refractivity contribution in [1.82, 2.24) is 24.8 Å². The molecule has 0 radical (unpaired) electrons. The summed E-state index contributed by atoms with van der Waals surface area (Å²) in [6.07, 6.45) is -4.60. The van der Waals surface area contributed by atoms with E-state index in [1.807, 2.05) is 4.90 Å². The average molecular weight is 781 g/mol. The maximum atomic E-state index is 17.1. The highest BCUT2D eigenvalue weighted by Gasteiger charge is 2.53. The summed E-state index contributed by atoms with van der Waals surface area (Å²) in [5, 5.41) is 9.73. The minimum absolute atomic E-state index is 0.0844. The molecule has 8 rings (SSSR count). The quantitative estimate of drug-likeness (QED) is 0.176. The number of hydrogen-bond donors (Lipinski definition) is 1. The Kier molecular flexibility index (Phi) is 8.62. The van der Waals surface area contributed by atoms with Crippen LogP contribution < -0.4 is 14.4 Å². The number of aromatic hydroxyl groups is 1. The van der Waals surface area contributed by atoms with E-state index in [1.165, 1.54) is 17.0 Å². The Morgan fingerprint density at radius 1 is 1.02 bits per heavy atom. The fourth-order valence-electron chi connectivity index (χ4n) is 8.71. The SMILES string of the molecule is C#Cc1c(F)ccc2cc(O)cc(-c3nc(OC(F)(F)F)c4c(N5CC6CCC(C5)N6C(=O)C(F)(F)F)nc(OC[C@]56CCCN5C[C@@H](F)C6)nc4c3F)c12. The van der Waals surface area contributed by atoms with Gasteiger partial charge in [0.05, 0.1) is 23.2 Å². The number of rotatable bonds is 6. The molecule has 4 atom stereocenters. The maximum absolute atomic E-state index is 17.1. The molecule has 2 aromatic heterocycles. The number of terminal acetylenes is 1. The molecule has 0 saturated carbocycles. The Bertz CT molecular complexity index is 2270. The molecule has 2 unspecified atom stereocenters. The molecular weight excluding hydrogens is 751 g/mol. The van der Waals surface area contributed by atoms with Gasteiger partial charge in [0.1, 0.15) is 46.8 Å². The highest BCUT2D eigenvalue weighted by atomic mass is 19.4. The van der Waals surface area contributed by atoms with Crippen LogP contribution >= 0.6 is 0 Å². The van der Waals surface area contributed by atoms with E-state index >= 15 is 4.39 Å². The predicted molar refractivity (Wildman–Crippen MR) is 177 cm³/mol. The van der Waals surface area contributed by atoms with E-state index in [0.717, 1.165) is 18.6 Å². The van der Waals surface area contributed by atoms with Crippen molar-refractivity contribution in [1.29, 1.82) is 0 Å². The molecule has 6 heterocycles. The molecule has 2 bridgehead atoms. The topological polar surface area (TPSA) is 104 Å². The number of nitrogens with zero attached hydrogens (tertiary/aromatic N) is 6. The summed E-state index contributed by atoms with van der Waals surface area (Å²) < 4.78 is 140. The molecule has 4 aromatic rings. The van der Waals surface area contributed by atoms with Gasteiger partial charge in [0.2, 0.25) is 5.88 Å². The lowest BCUT2D eigenvalue weighted by Gasteiger charge is -2.42. The van der Waals surface area contributed by atoms with Crippen molar-refractivity contribution < 1.29 is 58.9 Å². The van der Waals surface area contributed by atoms with Crippen LogP contribution in [0.2, 0.25) is 0 Å². The third-order valence-corrected chi connectivity index (χ3v) is 10.9. The summed E-state index contributed by atoms with van der Waals surface area (Å²) in [6, 6.07) is 1.64. The molecule has 10 nitrogen and oxygen atoms in total. The number of benzene rings is 2. The molecule has 4 fully saturated rings. The summed E-state index contributed by atoms with van der Waals surface area (Å²) in [5.74, 6) is -4.49. The number of aromatic nitrogens is 3. The van der Waals surface area contributed by atoms with Crippen LogP contribution in [0, 0.1) is 24.0 Å². The number of anilines is 1. The number of carbonyl (C=O) groups excluding carboxylic acids is 1. The van der Waals surface area contributed by atoms with Crippen LogP contribution in [-0.2, 0) is 4.79 Å². The number of halogens is 9. The highest BCUT2D eigenvalue weighted by molar-refractivity contribution is 6.04. The summed E-state index contributed by atoms with van der Waals surface area (Å²) in [6.45, 7) is -0.178. The molecular formula is C36H29F9N6O4. The molecule has 1 amide bonds. The third kappa shape index (κ3) is 6.33. The van der Waals surface area contributed by atoms with Crippen molar-refractivity contribution in [3.63, 3.8) is 0 Å². The minimum Gasteiger partial charge on any atom is -0.508 e. The van der Waals surface area contributed by atoms with Crippen molar-refractivity contribution in [2.24, 2.45) is 0 Å². The van der Waals surface area contributed by atoms with E-state index in [0.29, 0.717) is 17.9 Å². The van der Waals surface area contributed by atoms with Crippen LogP contribution in [0.1, 0.15) is 37.7 Å². The predicted octanol–water partition coefficient (Wildman–Crippen LogP) is 6.41. The second kappa shape index (κ2) is 12.9. The van der Waals surface area contributed by atoms with Crippen LogP contribution in [0.25, 0.3) is 32.9 Å². The largest absolute Gasteiger partial charge is 0.574 e. The zero-order chi connectivity index (χ0) is 39.2. The number of amides is 1. The van der Waals surface area contributed by atoms with Crippen LogP contribution in [0.4, 0.5) is 45.3 Å². The Labute approximate surface area is 305 Å². The highest BCUT2D eigenvalue weighted by Crippen LogP contribution is 2.46. The molecule has 4 aliphatic rings. The van der Waals surface area contributed by atoms with E-state index in [-0.39, 0.29) is 56.3 Å². The number of phenolic OH excluding ortho intramolecular Hbond substituents is 1. The van der Waals surface area contributed by atoms with Gasteiger partial charge >= 0.3 is 24.5 Å². The first kappa shape index (κ1) is 36.7. The minimum atomic E-state index is -5.45. The first-order valence-electron chi connectivity index (χ1n) is 17.2. The first-order valence-corrected chi connectivity index (χ1v) is 17.2.